The number of hydrogen-bond donors (Lipinski definition) is 0. The predicted molar refractivity (Wildman–Crippen MR) is 275 cm³/mol. The van der Waals surface area contributed by atoms with Gasteiger partial charge in [0.1, 0.15) is 22.3 Å². The Kier molecular flexibility index (Phi) is 7.22. The SMILES string of the molecule is CC1(C)c2ccccc2-c2ccc(-c3cc(N(c4ccccc4)c4ccc5c(c4)C4(c6ccccc6-c6ccccc64)c4ccccc4-5)cc4c3oc3ccc5oc6ccccc6c5c34)cc21. The molecule has 15 rings (SSSR count). The lowest BCUT2D eigenvalue weighted by Gasteiger charge is -2.32. The molecule has 3 aliphatic rings. The Hall–Kier alpha value is -8.40. The van der Waals surface area contributed by atoms with E-state index >= 15 is 0 Å². The Labute approximate surface area is 387 Å². The van der Waals surface area contributed by atoms with Gasteiger partial charge in [0.05, 0.1) is 5.41 Å². The van der Waals surface area contributed by atoms with Crippen molar-refractivity contribution < 1.29 is 8.83 Å². The Bertz CT molecular complexity index is 4030. The summed E-state index contributed by atoms with van der Waals surface area (Å²) < 4.78 is 13.6. The molecular weight excluding hydrogens is 815 g/mol. The third-order valence-electron chi connectivity index (χ3n) is 15.5. The zero-order valence-electron chi connectivity index (χ0n) is 37.0. The molecule has 0 saturated carbocycles. The number of anilines is 3. The van der Waals surface area contributed by atoms with Crippen molar-refractivity contribution in [2.24, 2.45) is 0 Å². The smallest absolute Gasteiger partial charge is 0.143 e. The van der Waals surface area contributed by atoms with Gasteiger partial charge < -0.3 is 13.7 Å². The molecule has 0 amide bonds. The van der Waals surface area contributed by atoms with E-state index in [-0.39, 0.29) is 5.41 Å². The number of hydrogen-bond acceptors (Lipinski definition) is 3. The molecule has 0 unspecified atom stereocenters. The highest BCUT2D eigenvalue weighted by Gasteiger charge is 2.51. The molecule has 10 aromatic carbocycles. The van der Waals surface area contributed by atoms with E-state index in [1.807, 2.05) is 6.07 Å². The molecule has 3 nitrogen and oxygen atoms in total. The third-order valence-corrected chi connectivity index (χ3v) is 15.5. The second-order valence-corrected chi connectivity index (χ2v) is 19.1. The van der Waals surface area contributed by atoms with Crippen molar-refractivity contribution in [3.05, 3.63) is 246 Å². The van der Waals surface area contributed by atoms with Crippen molar-refractivity contribution in [2.75, 3.05) is 4.90 Å². The summed E-state index contributed by atoms with van der Waals surface area (Å²) in [5.74, 6) is 0. The van der Waals surface area contributed by atoms with Crippen molar-refractivity contribution in [3.63, 3.8) is 0 Å². The molecule has 0 radical (unpaired) electrons. The number of para-hydroxylation sites is 2. The first-order valence-corrected chi connectivity index (χ1v) is 23.3. The third kappa shape index (κ3) is 4.75. The summed E-state index contributed by atoms with van der Waals surface area (Å²) in [5, 5.41) is 4.26. The average molecular weight is 856 g/mol. The van der Waals surface area contributed by atoms with Gasteiger partial charge in [-0.15, -0.1) is 0 Å². The van der Waals surface area contributed by atoms with Gasteiger partial charge in [-0.1, -0.05) is 166 Å². The molecule has 0 aliphatic heterocycles. The fourth-order valence-electron chi connectivity index (χ4n) is 12.6. The standard InChI is InChI=1S/C64H41NO2/c1-63(2)51-23-11-6-18-42(51)46-30-28-38(34-55(46)63)49-35-41(36-50-61-59(67-62(49)50)33-32-58-60(61)48-22-10-15-27-57(48)66-58)65(39-16-4-3-5-17-39)40-29-31-47-45-21-9-14-26-54(45)64(56(47)37-40)52-24-12-7-19-43(52)44-20-8-13-25-53(44)64/h3-37H,1-2H3. The maximum absolute atomic E-state index is 7.11. The number of nitrogens with zero attached hydrogens (tertiary/aromatic N) is 1. The van der Waals surface area contributed by atoms with Crippen LogP contribution in [0.15, 0.2) is 221 Å². The normalized spacial score (nSPS) is 14.4. The summed E-state index contributed by atoms with van der Waals surface area (Å²) in [6.45, 7) is 4.71. The van der Waals surface area contributed by atoms with Crippen molar-refractivity contribution in [2.45, 2.75) is 24.7 Å². The second kappa shape index (κ2) is 13.1. The molecule has 12 aromatic rings. The maximum Gasteiger partial charge on any atom is 0.143 e. The minimum absolute atomic E-state index is 0.167. The first-order valence-electron chi connectivity index (χ1n) is 23.3. The molecule has 0 fully saturated rings. The van der Waals surface area contributed by atoms with Gasteiger partial charge in [0.2, 0.25) is 0 Å². The molecular formula is C64H41NO2. The topological polar surface area (TPSA) is 29.5 Å². The highest BCUT2D eigenvalue weighted by Crippen LogP contribution is 2.63. The summed E-state index contributed by atoms with van der Waals surface area (Å²) in [6.07, 6.45) is 0. The van der Waals surface area contributed by atoms with Crippen LogP contribution in [0.4, 0.5) is 17.1 Å². The van der Waals surface area contributed by atoms with Crippen molar-refractivity contribution in [1.82, 2.24) is 0 Å². The largest absolute Gasteiger partial charge is 0.456 e. The Morgan fingerprint density at radius 2 is 0.866 bits per heavy atom. The first kappa shape index (κ1) is 36.9. The maximum atomic E-state index is 7.11. The second-order valence-electron chi connectivity index (χ2n) is 19.1. The van der Waals surface area contributed by atoms with Crippen molar-refractivity contribution in [1.29, 1.82) is 0 Å². The molecule has 0 N–H and O–H groups in total. The quantitative estimate of drug-likeness (QED) is 0.177. The van der Waals surface area contributed by atoms with E-state index in [0.29, 0.717) is 0 Å². The van der Waals surface area contributed by atoms with Gasteiger partial charge in [-0.05, 0) is 133 Å². The van der Waals surface area contributed by atoms with Crippen LogP contribution >= 0.6 is 0 Å². The van der Waals surface area contributed by atoms with Crippen LogP contribution in [0.25, 0.3) is 88.4 Å². The molecule has 2 aromatic heterocycles. The lowest BCUT2D eigenvalue weighted by molar-refractivity contribution is 0.660. The Balaban J connectivity index is 1.03. The van der Waals surface area contributed by atoms with Gasteiger partial charge in [-0.3, -0.25) is 0 Å². The molecule has 0 saturated heterocycles. The van der Waals surface area contributed by atoms with Crippen LogP contribution in [-0.2, 0) is 10.8 Å². The van der Waals surface area contributed by atoms with Gasteiger partial charge in [0, 0.05) is 49.6 Å². The number of furan rings is 2. The molecule has 1 spiro atoms. The van der Waals surface area contributed by atoms with Crippen LogP contribution < -0.4 is 4.90 Å². The summed E-state index contributed by atoms with van der Waals surface area (Å²) in [4.78, 5) is 2.45. The van der Waals surface area contributed by atoms with E-state index < -0.39 is 5.41 Å². The molecule has 2 heterocycles. The molecule has 0 atom stereocenters. The van der Waals surface area contributed by atoms with E-state index in [1.165, 1.54) is 66.8 Å². The van der Waals surface area contributed by atoms with Crippen molar-refractivity contribution in [3.8, 4) is 44.5 Å². The van der Waals surface area contributed by atoms with Gasteiger partial charge >= 0.3 is 0 Å². The first-order chi connectivity index (χ1) is 33.0. The van der Waals surface area contributed by atoms with Gasteiger partial charge in [0.25, 0.3) is 0 Å². The molecule has 3 heteroatoms. The van der Waals surface area contributed by atoms with Gasteiger partial charge in [-0.25, -0.2) is 0 Å². The zero-order chi connectivity index (χ0) is 44.2. The van der Waals surface area contributed by atoms with Crippen LogP contribution in [0.3, 0.4) is 0 Å². The van der Waals surface area contributed by atoms with Gasteiger partial charge in [-0.2, -0.15) is 0 Å². The fourth-order valence-corrected chi connectivity index (χ4v) is 12.6. The van der Waals surface area contributed by atoms with Crippen LogP contribution in [0.2, 0.25) is 0 Å². The summed E-state index contributed by atoms with van der Waals surface area (Å²) in [5.41, 5.74) is 23.9. The van der Waals surface area contributed by atoms with Crippen LogP contribution in [0.1, 0.15) is 47.2 Å². The lowest BCUT2D eigenvalue weighted by Crippen LogP contribution is -2.26. The minimum Gasteiger partial charge on any atom is -0.456 e. The zero-order valence-corrected chi connectivity index (χ0v) is 37.0. The molecule has 0 bridgehead atoms. The summed E-state index contributed by atoms with van der Waals surface area (Å²) in [6, 6.07) is 78.3. The minimum atomic E-state index is -0.476. The van der Waals surface area contributed by atoms with Crippen LogP contribution in [0.5, 0.6) is 0 Å². The highest BCUT2D eigenvalue weighted by molar-refractivity contribution is 6.27. The van der Waals surface area contributed by atoms with E-state index in [9.17, 15) is 0 Å². The Morgan fingerprint density at radius 1 is 0.328 bits per heavy atom. The number of rotatable bonds is 4. The lowest BCUT2D eigenvalue weighted by atomic mass is 9.70. The van der Waals surface area contributed by atoms with E-state index in [4.69, 9.17) is 8.83 Å². The number of fused-ring (bicyclic) bond motifs is 20. The van der Waals surface area contributed by atoms with E-state index in [2.05, 4.69) is 225 Å². The predicted octanol–water partition coefficient (Wildman–Crippen LogP) is 17.3. The van der Waals surface area contributed by atoms with E-state index in [0.717, 1.165) is 72.1 Å². The monoisotopic (exact) mass is 855 g/mol. The Morgan fingerprint density at radius 3 is 1.57 bits per heavy atom. The van der Waals surface area contributed by atoms with Crippen LogP contribution in [-0.4, -0.2) is 0 Å². The molecule has 314 valence electrons. The van der Waals surface area contributed by atoms with Crippen LogP contribution in [0, 0.1) is 0 Å². The fraction of sp³-hybridized carbons (Fsp3) is 0.0625. The average Bonchev–Trinajstić information content (AvgIpc) is 4.15. The van der Waals surface area contributed by atoms with Gasteiger partial charge in [0.15, 0.2) is 0 Å². The van der Waals surface area contributed by atoms with Crippen molar-refractivity contribution >= 4 is 60.9 Å². The highest BCUT2D eigenvalue weighted by atomic mass is 16.3. The molecule has 67 heavy (non-hydrogen) atoms. The number of benzene rings is 10. The summed E-state index contributed by atoms with van der Waals surface area (Å²) >= 11 is 0. The van der Waals surface area contributed by atoms with E-state index in [1.54, 1.807) is 0 Å². The summed E-state index contributed by atoms with van der Waals surface area (Å²) in [7, 11) is 0. The molecule has 3 aliphatic carbocycles.